The van der Waals surface area contributed by atoms with Crippen LogP contribution in [0.3, 0.4) is 0 Å². The predicted molar refractivity (Wildman–Crippen MR) is 69.9 cm³/mol. The maximum absolute atomic E-state index is 9.05. The van der Waals surface area contributed by atoms with Crippen molar-refractivity contribution in [2.24, 2.45) is 0 Å². The molecule has 2 N–H and O–H groups in total. The maximum Gasteiger partial charge on any atom is 0.0716 e. The van der Waals surface area contributed by atoms with E-state index in [9.17, 15) is 0 Å². The van der Waals surface area contributed by atoms with Crippen molar-refractivity contribution in [1.29, 1.82) is 0 Å². The summed E-state index contributed by atoms with van der Waals surface area (Å²) in [4.78, 5) is 0. The number of nitrogens with one attached hydrogen (secondary N) is 1. The van der Waals surface area contributed by atoms with E-state index in [1.54, 1.807) is 0 Å². The third kappa shape index (κ3) is 6.41. The number of hydrogen-bond donors (Lipinski definition) is 2. The van der Waals surface area contributed by atoms with E-state index in [0.717, 1.165) is 19.6 Å². The van der Waals surface area contributed by atoms with E-state index < -0.39 is 0 Å². The highest BCUT2D eigenvalue weighted by Crippen LogP contribution is 2.02. The highest BCUT2D eigenvalue weighted by atomic mass is 16.5. The minimum atomic E-state index is -0.195. The minimum absolute atomic E-state index is 0.151. The average molecular weight is 237 g/mol. The van der Waals surface area contributed by atoms with E-state index in [4.69, 9.17) is 9.84 Å². The van der Waals surface area contributed by atoms with Crippen molar-refractivity contribution in [2.45, 2.75) is 32.4 Å². The van der Waals surface area contributed by atoms with Crippen LogP contribution < -0.4 is 5.32 Å². The zero-order chi connectivity index (χ0) is 12.6. The molecular formula is C14H23NO2. The first-order valence-electron chi connectivity index (χ1n) is 6.11. The van der Waals surface area contributed by atoms with Crippen LogP contribution in [0.2, 0.25) is 0 Å². The number of aliphatic hydroxyl groups excluding tert-OH is 1. The first kappa shape index (κ1) is 14.2. The molecule has 0 unspecified atom stereocenters. The third-order valence-electron chi connectivity index (χ3n) is 2.58. The molecule has 0 bridgehead atoms. The smallest absolute Gasteiger partial charge is 0.0716 e. The van der Waals surface area contributed by atoms with Crippen LogP contribution in [0.1, 0.15) is 25.8 Å². The first-order valence-corrected chi connectivity index (χ1v) is 6.11. The fourth-order valence-corrected chi connectivity index (χ4v) is 1.42. The van der Waals surface area contributed by atoms with Gasteiger partial charge < -0.3 is 15.2 Å². The highest BCUT2D eigenvalue weighted by molar-refractivity contribution is 5.13. The van der Waals surface area contributed by atoms with E-state index in [1.165, 1.54) is 5.56 Å². The number of benzene rings is 1. The molecule has 0 atom stereocenters. The zero-order valence-electron chi connectivity index (χ0n) is 10.8. The Morgan fingerprint density at radius 2 is 1.94 bits per heavy atom. The van der Waals surface area contributed by atoms with Crippen molar-refractivity contribution >= 4 is 0 Å². The second-order valence-corrected chi connectivity index (χ2v) is 4.86. The van der Waals surface area contributed by atoms with E-state index in [1.807, 2.05) is 32.0 Å². The van der Waals surface area contributed by atoms with Gasteiger partial charge >= 0.3 is 0 Å². The summed E-state index contributed by atoms with van der Waals surface area (Å²) in [6.45, 7) is 6.39. The molecule has 0 fully saturated rings. The van der Waals surface area contributed by atoms with Gasteiger partial charge in [-0.2, -0.15) is 0 Å². The van der Waals surface area contributed by atoms with E-state index >= 15 is 0 Å². The molecule has 0 aliphatic rings. The molecule has 0 saturated carbocycles. The monoisotopic (exact) mass is 237 g/mol. The zero-order valence-corrected chi connectivity index (χ0v) is 10.8. The van der Waals surface area contributed by atoms with Gasteiger partial charge in [0.2, 0.25) is 0 Å². The fourth-order valence-electron chi connectivity index (χ4n) is 1.42. The van der Waals surface area contributed by atoms with E-state index in [2.05, 4.69) is 17.4 Å². The fraction of sp³-hybridized carbons (Fsp3) is 0.571. The van der Waals surface area contributed by atoms with Crippen molar-refractivity contribution in [3.63, 3.8) is 0 Å². The van der Waals surface area contributed by atoms with Crippen LogP contribution in [0.15, 0.2) is 30.3 Å². The second kappa shape index (κ2) is 7.43. The van der Waals surface area contributed by atoms with Gasteiger partial charge in [-0.25, -0.2) is 0 Å². The molecule has 17 heavy (non-hydrogen) atoms. The molecule has 0 saturated heterocycles. The Bertz CT molecular complexity index is 298. The molecule has 0 radical (unpaired) electrons. The van der Waals surface area contributed by atoms with Crippen molar-refractivity contribution in [3.8, 4) is 0 Å². The summed E-state index contributed by atoms with van der Waals surface area (Å²) in [5.74, 6) is 0. The number of rotatable bonds is 8. The van der Waals surface area contributed by atoms with Crippen LogP contribution in [-0.4, -0.2) is 30.4 Å². The summed E-state index contributed by atoms with van der Waals surface area (Å²) in [5, 5.41) is 12.3. The largest absolute Gasteiger partial charge is 0.394 e. The molecule has 96 valence electrons. The van der Waals surface area contributed by atoms with Crippen LogP contribution in [0.25, 0.3) is 0 Å². The van der Waals surface area contributed by atoms with Crippen LogP contribution >= 0.6 is 0 Å². The maximum atomic E-state index is 9.05. The Labute approximate surface area is 104 Å². The molecule has 0 heterocycles. The van der Waals surface area contributed by atoms with E-state index in [0.29, 0.717) is 6.61 Å². The van der Waals surface area contributed by atoms with Crippen molar-refractivity contribution < 1.29 is 9.84 Å². The van der Waals surface area contributed by atoms with Crippen molar-refractivity contribution in [3.05, 3.63) is 35.9 Å². The van der Waals surface area contributed by atoms with Gasteiger partial charge in [-0.15, -0.1) is 0 Å². The molecule has 1 rings (SSSR count). The molecule has 1 aromatic carbocycles. The summed E-state index contributed by atoms with van der Waals surface area (Å²) >= 11 is 0. The Morgan fingerprint density at radius 1 is 1.24 bits per heavy atom. The summed E-state index contributed by atoms with van der Waals surface area (Å²) < 4.78 is 5.57. The topological polar surface area (TPSA) is 41.5 Å². The molecule has 0 aliphatic heterocycles. The lowest BCUT2D eigenvalue weighted by atomic mass is 10.1. The SMILES string of the molecule is CC(C)(CO)NCCCOCc1ccccc1. The minimum Gasteiger partial charge on any atom is -0.394 e. The molecule has 0 amide bonds. The van der Waals surface area contributed by atoms with Gasteiger partial charge in [-0.3, -0.25) is 0 Å². The Kier molecular flexibility index (Phi) is 6.19. The molecule has 3 heteroatoms. The van der Waals surface area contributed by atoms with Crippen LogP contribution in [-0.2, 0) is 11.3 Å². The Balaban J connectivity index is 2.02. The summed E-state index contributed by atoms with van der Waals surface area (Å²) in [6.07, 6.45) is 0.955. The normalized spacial score (nSPS) is 11.7. The van der Waals surface area contributed by atoms with Gasteiger partial charge in [0.25, 0.3) is 0 Å². The third-order valence-corrected chi connectivity index (χ3v) is 2.58. The standard InChI is InChI=1S/C14H23NO2/c1-14(2,12-16)15-9-6-10-17-11-13-7-4-3-5-8-13/h3-5,7-8,15-16H,6,9-12H2,1-2H3. The summed E-state index contributed by atoms with van der Waals surface area (Å²) in [7, 11) is 0. The molecule has 0 aliphatic carbocycles. The van der Waals surface area contributed by atoms with Gasteiger partial charge in [0.05, 0.1) is 13.2 Å². The molecule has 1 aromatic rings. The molecular weight excluding hydrogens is 214 g/mol. The van der Waals surface area contributed by atoms with Gasteiger partial charge in [-0.05, 0) is 32.4 Å². The lowest BCUT2D eigenvalue weighted by molar-refractivity contribution is 0.114. The quantitative estimate of drug-likeness (QED) is 0.679. The summed E-state index contributed by atoms with van der Waals surface area (Å²) in [6, 6.07) is 10.2. The Hall–Kier alpha value is -0.900. The second-order valence-electron chi connectivity index (χ2n) is 4.86. The lowest BCUT2D eigenvalue weighted by Gasteiger charge is -2.23. The highest BCUT2D eigenvalue weighted by Gasteiger charge is 2.13. The van der Waals surface area contributed by atoms with Crippen molar-refractivity contribution in [1.82, 2.24) is 5.32 Å². The van der Waals surface area contributed by atoms with Gasteiger partial charge in [0.1, 0.15) is 0 Å². The predicted octanol–water partition coefficient (Wildman–Crippen LogP) is 1.95. The Morgan fingerprint density at radius 3 is 2.59 bits per heavy atom. The average Bonchev–Trinajstić information content (AvgIpc) is 2.35. The van der Waals surface area contributed by atoms with Gasteiger partial charge in [-0.1, -0.05) is 30.3 Å². The number of hydrogen-bond acceptors (Lipinski definition) is 3. The first-order chi connectivity index (χ1) is 8.14. The van der Waals surface area contributed by atoms with Gasteiger partial charge in [0, 0.05) is 12.1 Å². The van der Waals surface area contributed by atoms with E-state index in [-0.39, 0.29) is 12.1 Å². The number of aliphatic hydroxyl groups is 1. The van der Waals surface area contributed by atoms with Crippen LogP contribution in [0, 0.1) is 0 Å². The molecule has 0 aromatic heterocycles. The van der Waals surface area contributed by atoms with Crippen LogP contribution in [0.4, 0.5) is 0 Å². The number of ether oxygens (including phenoxy) is 1. The lowest BCUT2D eigenvalue weighted by Crippen LogP contribution is -2.43. The van der Waals surface area contributed by atoms with Crippen LogP contribution in [0.5, 0.6) is 0 Å². The molecule has 3 nitrogen and oxygen atoms in total. The summed E-state index contributed by atoms with van der Waals surface area (Å²) in [5.41, 5.74) is 1.01. The molecule has 0 spiro atoms. The van der Waals surface area contributed by atoms with Gasteiger partial charge in [0.15, 0.2) is 0 Å². The van der Waals surface area contributed by atoms with Crippen molar-refractivity contribution in [2.75, 3.05) is 19.8 Å².